The predicted octanol–water partition coefficient (Wildman–Crippen LogP) is 0.208. The average Bonchev–Trinajstić information content (AvgIpc) is 2.72. The molecule has 8 nitrogen and oxygen atoms in total. The molecular formula is C20H25N5O3. The van der Waals surface area contributed by atoms with Crippen LogP contribution in [0.15, 0.2) is 48.8 Å². The monoisotopic (exact) mass is 383 g/mol. The molecule has 0 saturated carbocycles. The lowest BCUT2D eigenvalue weighted by atomic mass is 10.1. The van der Waals surface area contributed by atoms with Crippen molar-refractivity contribution in [1.29, 1.82) is 0 Å². The predicted molar refractivity (Wildman–Crippen MR) is 104 cm³/mol. The van der Waals surface area contributed by atoms with Crippen molar-refractivity contribution >= 4 is 11.8 Å². The molecule has 3 rings (SSSR count). The first kappa shape index (κ1) is 19.8. The Kier molecular flexibility index (Phi) is 6.94. The van der Waals surface area contributed by atoms with Gasteiger partial charge in [0.2, 0.25) is 5.91 Å². The van der Waals surface area contributed by atoms with Crippen LogP contribution in [0.4, 0.5) is 0 Å². The van der Waals surface area contributed by atoms with Crippen LogP contribution in [-0.2, 0) is 16.1 Å². The number of nitrogens with one attached hydrogen (secondary N) is 2. The highest BCUT2D eigenvalue weighted by Gasteiger charge is 2.25. The van der Waals surface area contributed by atoms with Crippen LogP contribution in [0.25, 0.3) is 0 Å². The molecule has 1 aromatic carbocycles. The van der Waals surface area contributed by atoms with Crippen molar-refractivity contribution in [2.75, 3.05) is 32.8 Å². The second-order valence-corrected chi connectivity index (χ2v) is 6.65. The minimum atomic E-state index is -0.520. The van der Waals surface area contributed by atoms with Gasteiger partial charge in [-0.25, -0.2) is 0 Å². The molecular weight excluding hydrogens is 358 g/mol. The van der Waals surface area contributed by atoms with Gasteiger partial charge in [-0.05, 0) is 29.3 Å². The lowest BCUT2D eigenvalue weighted by molar-refractivity contribution is -0.123. The first-order chi connectivity index (χ1) is 13.6. The molecule has 0 aliphatic carbocycles. The summed E-state index contributed by atoms with van der Waals surface area (Å²) in [5.41, 5.74) is 7.11. The van der Waals surface area contributed by atoms with Crippen molar-refractivity contribution in [3.8, 4) is 5.75 Å². The Morgan fingerprint density at radius 1 is 1.29 bits per heavy atom. The Morgan fingerprint density at radius 2 is 2.11 bits per heavy atom. The van der Waals surface area contributed by atoms with Gasteiger partial charge in [-0.1, -0.05) is 18.2 Å². The number of amides is 2. The van der Waals surface area contributed by atoms with Crippen molar-refractivity contribution < 1.29 is 14.3 Å². The standard InChI is InChI=1S/C20H25N5O3/c21-19(26)14-28-17-5-3-15(4-6-17)10-24-20(27)13-25-9-8-23-12-18(25)16-2-1-7-22-11-16/h1-7,11,18,23H,8-10,12-14H2,(H2,21,26)(H,24,27). The summed E-state index contributed by atoms with van der Waals surface area (Å²) in [7, 11) is 0. The Bertz CT molecular complexity index is 782. The zero-order valence-corrected chi connectivity index (χ0v) is 15.6. The van der Waals surface area contributed by atoms with Gasteiger partial charge in [-0.15, -0.1) is 0 Å². The van der Waals surface area contributed by atoms with Gasteiger partial charge in [0.15, 0.2) is 6.61 Å². The van der Waals surface area contributed by atoms with E-state index in [1.54, 1.807) is 18.3 Å². The average molecular weight is 383 g/mol. The molecule has 2 heterocycles. The number of aromatic nitrogens is 1. The first-order valence-corrected chi connectivity index (χ1v) is 9.23. The van der Waals surface area contributed by atoms with E-state index < -0.39 is 5.91 Å². The molecule has 8 heteroatoms. The second kappa shape index (κ2) is 9.82. The SMILES string of the molecule is NC(=O)COc1ccc(CNC(=O)CN2CCNCC2c2cccnc2)cc1. The molecule has 2 aromatic rings. The molecule has 1 saturated heterocycles. The van der Waals surface area contributed by atoms with E-state index in [2.05, 4.69) is 20.5 Å². The lowest BCUT2D eigenvalue weighted by Gasteiger charge is -2.35. The fourth-order valence-corrected chi connectivity index (χ4v) is 3.14. The molecule has 1 fully saturated rings. The lowest BCUT2D eigenvalue weighted by Crippen LogP contribution is -2.49. The number of benzene rings is 1. The number of pyridine rings is 1. The van der Waals surface area contributed by atoms with E-state index in [9.17, 15) is 9.59 Å². The summed E-state index contributed by atoms with van der Waals surface area (Å²) in [5, 5.41) is 6.33. The van der Waals surface area contributed by atoms with Gasteiger partial charge in [0, 0.05) is 44.6 Å². The third kappa shape index (κ3) is 5.77. The summed E-state index contributed by atoms with van der Waals surface area (Å²) < 4.78 is 5.22. The van der Waals surface area contributed by atoms with Crippen LogP contribution < -0.4 is 21.1 Å². The summed E-state index contributed by atoms with van der Waals surface area (Å²) in [4.78, 5) is 29.5. The molecule has 0 bridgehead atoms. The van der Waals surface area contributed by atoms with Gasteiger partial charge in [0.1, 0.15) is 5.75 Å². The number of rotatable bonds is 8. The zero-order chi connectivity index (χ0) is 19.8. The van der Waals surface area contributed by atoms with Gasteiger partial charge < -0.3 is 21.1 Å². The van der Waals surface area contributed by atoms with E-state index in [-0.39, 0.29) is 18.6 Å². The number of ether oxygens (including phenoxy) is 1. The van der Waals surface area contributed by atoms with Crippen molar-refractivity contribution in [3.05, 3.63) is 59.9 Å². The molecule has 1 aliphatic heterocycles. The minimum absolute atomic E-state index is 0.0233. The van der Waals surface area contributed by atoms with Crippen molar-refractivity contribution in [3.63, 3.8) is 0 Å². The van der Waals surface area contributed by atoms with E-state index in [0.29, 0.717) is 18.8 Å². The first-order valence-electron chi connectivity index (χ1n) is 9.23. The maximum absolute atomic E-state index is 12.4. The van der Waals surface area contributed by atoms with Crippen LogP contribution in [0.3, 0.4) is 0 Å². The Hall–Kier alpha value is -2.97. The highest BCUT2D eigenvalue weighted by atomic mass is 16.5. The fraction of sp³-hybridized carbons (Fsp3) is 0.350. The summed E-state index contributed by atoms with van der Waals surface area (Å²) >= 11 is 0. The minimum Gasteiger partial charge on any atom is -0.484 e. The van der Waals surface area contributed by atoms with Gasteiger partial charge in [0.05, 0.1) is 6.54 Å². The molecule has 4 N–H and O–H groups in total. The fourth-order valence-electron chi connectivity index (χ4n) is 3.14. The van der Waals surface area contributed by atoms with Gasteiger partial charge in [-0.2, -0.15) is 0 Å². The van der Waals surface area contributed by atoms with Gasteiger partial charge in [0.25, 0.3) is 5.91 Å². The molecule has 1 aliphatic rings. The molecule has 0 radical (unpaired) electrons. The van der Waals surface area contributed by atoms with Crippen LogP contribution in [0.5, 0.6) is 5.75 Å². The maximum atomic E-state index is 12.4. The highest BCUT2D eigenvalue weighted by molar-refractivity contribution is 5.78. The number of carbonyl (C=O) groups excluding carboxylic acids is 2. The quantitative estimate of drug-likeness (QED) is 0.601. The van der Waals surface area contributed by atoms with E-state index in [1.807, 2.05) is 30.5 Å². The number of piperazine rings is 1. The van der Waals surface area contributed by atoms with Crippen LogP contribution in [0.2, 0.25) is 0 Å². The Labute approximate surface area is 164 Å². The second-order valence-electron chi connectivity index (χ2n) is 6.65. The zero-order valence-electron chi connectivity index (χ0n) is 15.6. The van der Waals surface area contributed by atoms with Gasteiger partial charge in [-0.3, -0.25) is 19.5 Å². The number of hydrogen-bond acceptors (Lipinski definition) is 6. The summed E-state index contributed by atoms with van der Waals surface area (Å²) in [6, 6.07) is 11.3. The van der Waals surface area contributed by atoms with Crippen LogP contribution in [0.1, 0.15) is 17.2 Å². The Balaban J connectivity index is 1.50. The van der Waals surface area contributed by atoms with Crippen molar-refractivity contribution in [2.24, 2.45) is 5.73 Å². The van der Waals surface area contributed by atoms with E-state index in [1.165, 1.54) is 0 Å². The van der Waals surface area contributed by atoms with Crippen molar-refractivity contribution in [1.82, 2.24) is 20.5 Å². The number of carbonyl (C=O) groups is 2. The molecule has 28 heavy (non-hydrogen) atoms. The Morgan fingerprint density at radius 3 is 2.82 bits per heavy atom. The molecule has 1 aromatic heterocycles. The van der Waals surface area contributed by atoms with Crippen molar-refractivity contribution in [2.45, 2.75) is 12.6 Å². The number of primary amides is 1. The van der Waals surface area contributed by atoms with Gasteiger partial charge >= 0.3 is 0 Å². The topological polar surface area (TPSA) is 110 Å². The molecule has 1 atom stereocenters. The smallest absolute Gasteiger partial charge is 0.255 e. The molecule has 2 amide bonds. The summed E-state index contributed by atoms with van der Waals surface area (Å²) in [6.07, 6.45) is 3.60. The highest BCUT2D eigenvalue weighted by Crippen LogP contribution is 2.20. The molecule has 0 spiro atoms. The molecule has 1 unspecified atom stereocenters. The molecule has 148 valence electrons. The normalized spacial score (nSPS) is 17.1. The third-order valence-corrected chi connectivity index (χ3v) is 4.56. The van der Waals surface area contributed by atoms with E-state index >= 15 is 0 Å². The van der Waals surface area contributed by atoms with E-state index in [0.717, 1.165) is 30.8 Å². The number of nitrogens with zero attached hydrogens (tertiary/aromatic N) is 2. The van der Waals surface area contributed by atoms with E-state index in [4.69, 9.17) is 10.5 Å². The van der Waals surface area contributed by atoms with Crippen LogP contribution in [-0.4, -0.2) is 54.5 Å². The maximum Gasteiger partial charge on any atom is 0.255 e. The summed E-state index contributed by atoms with van der Waals surface area (Å²) in [6.45, 7) is 3.07. The van der Waals surface area contributed by atoms with Crippen LogP contribution in [0, 0.1) is 0 Å². The summed E-state index contributed by atoms with van der Waals surface area (Å²) in [5.74, 6) is 0.0210. The third-order valence-electron chi connectivity index (χ3n) is 4.56. The number of nitrogens with two attached hydrogens (primary N) is 1. The largest absolute Gasteiger partial charge is 0.484 e. The number of hydrogen-bond donors (Lipinski definition) is 3. The van der Waals surface area contributed by atoms with Crippen LogP contribution >= 0.6 is 0 Å².